The first kappa shape index (κ1) is 25.3. The highest BCUT2D eigenvalue weighted by Crippen LogP contribution is 2.29. The Labute approximate surface area is 206 Å². The van der Waals surface area contributed by atoms with Crippen LogP contribution in [0.3, 0.4) is 0 Å². The summed E-state index contributed by atoms with van der Waals surface area (Å²) in [5.41, 5.74) is 10.7. The molecule has 0 radical (unpaired) electrons. The summed E-state index contributed by atoms with van der Waals surface area (Å²) in [6, 6.07) is 6.56. The van der Waals surface area contributed by atoms with Gasteiger partial charge in [-0.15, -0.1) is 5.53 Å². The minimum atomic E-state index is -4.48. The highest BCUT2D eigenvalue weighted by Gasteiger charge is 2.31. The molecule has 1 aliphatic rings. The van der Waals surface area contributed by atoms with Crippen molar-refractivity contribution in [3.8, 4) is 0 Å². The maximum Gasteiger partial charge on any atom is 0.408 e. The van der Waals surface area contributed by atoms with Gasteiger partial charge in [0, 0.05) is 41.5 Å². The first-order valence-corrected chi connectivity index (χ1v) is 11.3. The molecule has 2 aromatic heterocycles. The van der Waals surface area contributed by atoms with Crippen molar-refractivity contribution >= 4 is 23.1 Å². The number of anilines is 2. The van der Waals surface area contributed by atoms with Gasteiger partial charge in [-0.2, -0.15) is 23.4 Å². The Morgan fingerprint density at radius 1 is 1.14 bits per heavy atom. The molecule has 0 saturated heterocycles. The Morgan fingerprint density at radius 3 is 2.47 bits per heavy atom. The third-order valence-corrected chi connectivity index (χ3v) is 5.94. The molecule has 0 saturated carbocycles. The van der Waals surface area contributed by atoms with Crippen molar-refractivity contribution in [2.45, 2.75) is 52.8 Å². The molecule has 3 N–H and O–H groups in total. The second-order valence-electron chi connectivity index (χ2n) is 9.81. The fourth-order valence-electron chi connectivity index (χ4n) is 3.72. The molecule has 192 valence electrons. The molecule has 1 aliphatic heterocycles. The van der Waals surface area contributed by atoms with Crippen LogP contribution in [-0.4, -0.2) is 31.6 Å². The Hall–Kier alpha value is -3.80. The summed E-state index contributed by atoms with van der Waals surface area (Å²) in [4.78, 5) is 13.1. The van der Waals surface area contributed by atoms with Crippen molar-refractivity contribution in [3.63, 3.8) is 0 Å². The van der Waals surface area contributed by atoms with Crippen LogP contribution in [0.2, 0.25) is 0 Å². The molecule has 0 atom stereocenters. The summed E-state index contributed by atoms with van der Waals surface area (Å²) >= 11 is 0. The standard InChI is InChI=1S/C24H29F3N8O/c1-14-7-8-16(9-19(14)34-12-18(30-32-34)17-11-28-33(6)15(17)2)22(36)29-21-10-20(23(3,4)5)31-35(21)13-24(25,26)27/h7-12,30,32H,13H2,1-6H3,(H,29,36). The van der Waals surface area contributed by atoms with E-state index in [-0.39, 0.29) is 11.4 Å². The van der Waals surface area contributed by atoms with Crippen LogP contribution in [0.4, 0.5) is 24.7 Å². The summed E-state index contributed by atoms with van der Waals surface area (Å²) in [5.74, 6) is -0.556. The van der Waals surface area contributed by atoms with Crippen LogP contribution in [0, 0.1) is 13.8 Å². The molecule has 0 aliphatic carbocycles. The van der Waals surface area contributed by atoms with Gasteiger partial charge in [0.1, 0.15) is 12.4 Å². The van der Waals surface area contributed by atoms with Crippen LogP contribution in [0.5, 0.6) is 0 Å². The summed E-state index contributed by atoms with van der Waals surface area (Å²) < 4.78 is 42.0. The average Bonchev–Trinajstić information content (AvgIpc) is 3.47. The minimum absolute atomic E-state index is 0.0143. The molecule has 0 bridgehead atoms. The van der Waals surface area contributed by atoms with Gasteiger partial charge in [0.2, 0.25) is 0 Å². The second kappa shape index (κ2) is 9.01. The Morgan fingerprint density at radius 2 is 1.86 bits per heavy atom. The van der Waals surface area contributed by atoms with E-state index in [2.05, 4.69) is 26.5 Å². The van der Waals surface area contributed by atoms with E-state index in [1.165, 1.54) is 6.07 Å². The zero-order chi connectivity index (χ0) is 26.4. The highest BCUT2D eigenvalue weighted by atomic mass is 19.4. The number of nitrogens with one attached hydrogen (secondary N) is 3. The van der Waals surface area contributed by atoms with Crippen molar-refractivity contribution in [1.82, 2.24) is 30.5 Å². The predicted molar refractivity (Wildman–Crippen MR) is 131 cm³/mol. The van der Waals surface area contributed by atoms with Gasteiger partial charge in [0.15, 0.2) is 0 Å². The fraction of sp³-hybridized carbons (Fsp3) is 0.375. The molecular weight excluding hydrogens is 473 g/mol. The van der Waals surface area contributed by atoms with Crippen LogP contribution >= 0.6 is 0 Å². The lowest BCUT2D eigenvalue weighted by Gasteiger charge is -2.18. The number of nitrogens with zero attached hydrogens (tertiary/aromatic N) is 5. The number of aryl methyl sites for hydroxylation is 2. The first-order valence-electron chi connectivity index (χ1n) is 11.3. The van der Waals surface area contributed by atoms with Gasteiger partial charge in [-0.05, 0) is 31.5 Å². The molecule has 0 unspecified atom stereocenters. The van der Waals surface area contributed by atoms with Gasteiger partial charge in [-0.25, -0.2) is 4.68 Å². The normalized spacial score (nSPS) is 14.1. The van der Waals surface area contributed by atoms with Crippen LogP contribution in [0.15, 0.2) is 36.7 Å². The molecule has 1 amide bonds. The maximum atomic E-state index is 13.1. The van der Waals surface area contributed by atoms with E-state index in [1.54, 1.807) is 34.1 Å². The highest BCUT2D eigenvalue weighted by molar-refractivity contribution is 6.04. The number of hydrazine groups is 2. The topological polar surface area (TPSA) is 92.0 Å². The van der Waals surface area contributed by atoms with Crippen molar-refractivity contribution in [2.75, 3.05) is 10.3 Å². The molecule has 0 spiro atoms. The number of hydrogen-bond acceptors (Lipinski definition) is 6. The Bertz CT molecular complexity index is 1330. The van der Waals surface area contributed by atoms with Crippen LogP contribution in [0.25, 0.3) is 5.70 Å². The zero-order valence-corrected chi connectivity index (χ0v) is 20.9. The van der Waals surface area contributed by atoms with Gasteiger partial charge >= 0.3 is 6.18 Å². The van der Waals surface area contributed by atoms with E-state index in [0.717, 1.165) is 27.2 Å². The summed E-state index contributed by atoms with van der Waals surface area (Å²) in [6.07, 6.45) is -0.878. The van der Waals surface area contributed by atoms with Gasteiger partial charge in [0.25, 0.3) is 5.91 Å². The molecule has 1 aromatic carbocycles. The summed E-state index contributed by atoms with van der Waals surface area (Å²) in [7, 11) is 1.86. The molecule has 0 fully saturated rings. The lowest BCUT2D eigenvalue weighted by atomic mass is 9.92. The molecular formula is C24H29F3N8O. The third-order valence-electron chi connectivity index (χ3n) is 5.94. The Kier molecular flexibility index (Phi) is 6.33. The van der Waals surface area contributed by atoms with E-state index in [4.69, 9.17) is 0 Å². The SMILES string of the molecule is Cc1ccc(C(=O)Nc2cc(C(C)(C)C)nn2CC(F)(F)F)cc1N1C=C(c2cnn(C)c2C)NN1. The van der Waals surface area contributed by atoms with E-state index >= 15 is 0 Å². The summed E-state index contributed by atoms with van der Waals surface area (Å²) in [5, 5.41) is 12.7. The molecule has 36 heavy (non-hydrogen) atoms. The number of amides is 1. The zero-order valence-electron chi connectivity index (χ0n) is 20.9. The van der Waals surface area contributed by atoms with Crippen LogP contribution in [-0.2, 0) is 19.0 Å². The van der Waals surface area contributed by atoms with Gasteiger partial charge < -0.3 is 10.7 Å². The maximum absolute atomic E-state index is 13.1. The van der Waals surface area contributed by atoms with E-state index < -0.39 is 24.0 Å². The van der Waals surface area contributed by atoms with Crippen LogP contribution < -0.4 is 21.3 Å². The number of rotatable bonds is 5. The quantitative estimate of drug-likeness (QED) is 0.485. The monoisotopic (exact) mass is 502 g/mol. The lowest BCUT2D eigenvalue weighted by Crippen LogP contribution is -2.36. The van der Waals surface area contributed by atoms with Gasteiger partial charge in [-0.1, -0.05) is 26.8 Å². The second-order valence-corrected chi connectivity index (χ2v) is 9.81. The largest absolute Gasteiger partial charge is 0.408 e. The minimum Gasteiger partial charge on any atom is -0.307 e. The molecule has 12 heteroatoms. The van der Waals surface area contributed by atoms with Gasteiger partial charge in [0.05, 0.1) is 23.3 Å². The van der Waals surface area contributed by atoms with Crippen molar-refractivity contribution in [1.29, 1.82) is 0 Å². The lowest BCUT2D eigenvalue weighted by molar-refractivity contribution is -0.142. The number of halogens is 3. The predicted octanol–water partition coefficient (Wildman–Crippen LogP) is 4.17. The molecule has 3 heterocycles. The van der Waals surface area contributed by atoms with Crippen LogP contribution in [0.1, 0.15) is 53.6 Å². The number of benzene rings is 1. The average molecular weight is 503 g/mol. The van der Waals surface area contributed by atoms with Crippen molar-refractivity contribution < 1.29 is 18.0 Å². The molecule has 3 aromatic rings. The number of aromatic nitrogens is 4. The van der Waals surface area contributed by atoms with Crippen molar-refractivity contribution in [3.05, 3.63) is 64.7 Å². The van der Waals surface area contributed by atoms with E-state index in [1.807, 2.05) is 47.9 Å². The molecule has 9 nitrogen and oxygen atoms in total. The van der Waals surface area contributed by atoms with E-state index in [0.29, 0.717) is 11.4 Å². The van der Waals surface area contributed by atoms with Crippen molar-refractivity contribution in [2.24, 2.45) is 7.05 Å². The number of hydrogen-bond donors (Lipinski definition) is 3. The number of carbonyl (C=O) groups is 1. The summed E-state index contributed by atoms with van der Waals surface area (Å²) in [6.45, 7) is 8.08. The first-order chi connectivity index (χ1) is 16.7. The van der Waals surface area contributed by atoms with Gasteiger partial charge in [-0.3, -0.25) is 14.5 Å². The van der Waals surface area contributed by atoms with E-state index in [9.17, 15) is 18.0 Å². The number of carbonyl (C=O) groups excluding carboxylic acids is 1. The molecule has 4 rings (SSSR count). The fourth-order valence-corrected chi connectivity index (χ4v) is 3.72. The third kappa shape index (κ3) is 5.23. The smallest absolute Gasteiger partial charge is 0.307 e. The Balaban J connectivity index is 1.60. The number of alkyl halides is 3.